The highest BCUT2D eigenvalue weighted by Gasteiger charge is 2.20. The number of hydrogen-bond donors (Lipinski definition) is 2. The van der Waals surface area contributed by atoms with Crippen LogP contribution in [0.3, 0.4) is 0 Å². The summed E-state index contributed by atoms with van der Waals surface area (Å²) in [6.07, 6.45) is 0. The Morgan fingerprint density at radius 1 is 1.08 bits per heavy atom. The molecule has 0 aliphatic rings. The molecule has 0 aliphatic heterocycles. The van der Waals surface area contributed by atoms with Gasteiger partial charge in [-0.05, 0) is 0 Å². The van der Waals surface area contributed by atoms with Crippen LogP contribution in [0.5, 0.6) is 0 Å². The number of rotatable bonds is 6. The molecule has 0 saturated carbocycles. The first-order chi connectivity index (χ1) is 5.83. The monoisotopic (exact) mass is 232 g/mol. The molecule has 0 heterocycles. The third kappa shape index (κ3) is 8.63. The van der Waals surface area contributed by atoms with E-state index < -0.39 is 21.9 Å². The van der Waals surface area contributed by atoms with Crippen LogP contribution < -0.4 is 0 Å². The Kier molecular flexibility index (Phi) is 6.05. The molecule has 0 radical (unpaired) electrons. The Bertz CT molecular complexity index is 183. The van der Waals surface area contributed by atoms with E-state index in [0.29, 0.717) is 0 Å². The smallest absolute Gasteiger partial charge is 0.316 e. The highest BCUT2D eigenvalue weighted by Crippen LogP contribution is 2.27. The Balaban J connectivity index is 3.79. The fourth-order valence-corrected chi connectivity index (χ4v) is 1.58. The normalized spacial score (nSPS) is 16.9. The summed E-state index contributed by atoms with van der Waals surface area (Å²) in [6.45, 7) is 3.41. The van der Waals surface area contributed by atoms with Crippen molar-refractivity contribution in [2.45, 2.75) is 13.8 Å². The fourth-order valence-electron chi connectivity index (χ4n) is 0.556. The van der Waals surface area contributed by atoms with Crippen molar-refractivity contribution < 1.29 is 28.0 Å². The van der Waals surface area contributed by atoms with Crippen LogP contribution in [0.15, 0.2) is 0 Å². The molecule has 80 valence electrons. The highest BCUT2D eigenvalue weighted by molar-refractivity contribution is 7.32. The predicted octanol–water partition coefficient (Wildman–Crippen LogP) is 0.810. The molecular weight excluding hydrogens is 218 g/mol. The molecule has 8 heteroatoms. The fraction of sp³-hybridized carbons (Fsp3) is 1.00. The Morgan fingerprint density at radius 2 is 1.38 bits per heavy atom. The molecule has 0 fully saturated rings. The van der Waals surface area contributed by atoms with Gasteiger partial charge in [0.05, 0.1) is 13.2 Å². The van der Waals surface area contributed by atoms with Gasteiger partial charge in [0.1, 0.15) is 0 Å². The Morgan fingerprint density at radius 3 is 1.62 bits per heavy atom. The lowest BCUT2D eigenvalue weighted by atomic mass is 9.97. The second kappa shape index (κ2) is 5.91. The summed E-state index contributed by atoms with van der Waals surface area (Å²) < 4.78 is 29.4. The van der Waals surface area contributed by atoms with Crippen LogP contribution in [0.1, 0.15) is 13.8 Å². The molecule has 13 heavy (non-hydrogen) atoms. The van der Waals surface area contributed by atoms with Crippen molar-refractivity contribution in [1.29, 1.82) is 0 Å². The first-order valence-corrected chi connectivity index (χ1v) is 6.08. The lowest BCUT2D eigenvalue weighted by Crippen LogP contribution is -2.23. The maximum Gasteiger partial charge on any atom is 0.316 e. The van der Waals surface area contributed by atoms with Gasteiger partial charge in [-0.1, -0.05) is 13.8 Å². The molecule has 2 atom stereocenters. The van der Waals surface area contributed by atoms with E-state index in [9.17, 15) is 9.13 Å². The molecule has 0 aliphatic carbocycles. The van der Waals surface area contributed by atoms with Gasteiger partial charge in [0.15, 0.2) is 0 Å². The zero-order valence-corrected chi connectivity index (χ0v) is 9.44. The molecule has 0 rings (SSSR count). The summed E-state index contributed by atoms with van der Waals surface area (Å²) in [5.74, 6) is 0. The van der Waals surface area contributed by atoms with Gasteiger partial charge in [0, 0.05) is 5.41 Å². The third-order valence-corrected chi connectivity index (χ3v) is 1.96. The Labute approximate surface area is 77.8 Å². The maximum absolute atomic E-state index is 10.2. The van der Waals surface area contributed by atoms with Crippen molar-refractivity contribution in [1.82, 2.24) is 0 Å². The second-order valence-corrected chi connectivity index (χ2v) is 4.91. The molecule has 0 aromatic rings. The summed E-state index contributed by atoms with van der Waals surface area (Å²) in [7, 11) is -5.89. The third-order valence-electron chi connectivity index (χ3n) is 1.17. The first kappa shape index (κ1) is 13.3. The predicted molar refractivity (Wildman–Crippen MR) is 48.1 cm³/mol. The van der Waals surface area contributed by atoms with E-state index in [-0.39, 0.29) is 13.2 Å². The van der Waals surface area contributed by atoms with Crippen molar-refractivity contribution in [3.63, 3.8) is 0 Å². The molecular formula is C5H14O6P2. The molecule has 0 aromatic carbocycles. The topological polar surface area (TPSA) is 93.1 Å². The minimum absolute atomic E-state index is 0.0104. The van der Waals surface area contributed by atoms with E-state index in [0.717, 1.165) is 0 Å². The molecule has 2 N–H and O–H groups in total. The van der Waals surface area contributed by atoms with Crippen molar-refractivity contribution >= 4 is 16.5 Å². The average Bonchev–Trinajstić information content (AvgIpc) is 1.98. The standard InChI is InChI=1S/C5H14O6P2/c1-5(2,3-10-12(6)7)4-11-13(8)9/h12-13H,3-4H2,1-2H3,(H,6,7)(H,8,9). The summed E-state index contributed by atoms with van der Waals surface area (Å²) in [4.78, 5) is 16.7. The van der Waals surface area contributed by atoms with Gasteiger partial charge in [-0.3, -0.25) is 9.13 Å². The maximum atomic E-state index is 10.2. The van der Waals surface area contributed by atoms with Crippen LogP contribution in [0.4, 0.5) is 0 Å². The van der Waals surface area contributed by atoms with E-state index in [4.69, 9.17) is 9.79 Å². The second-order valence-electron chi connectivity index (χ2n) is 3.27. The Hall–Kier alpha value is 0.300. The number of hydrogen-bond acceptors (Lipinski definition) is 4. The van der Waals surface area contributed by atoms with Crippen molar-refractivity contribution in [3.8, 4) is 0 Å². The van der Waals surface area contributed by atoms with Gasteiger partial charge in [-0.25, -0.2) is 0 Å². The van der Waals surface area contributed by atoms with Crippen LogP contribution in [0.2, 0.25) is 0 Å². The zero-order valence-electron chi connectivity index (χ0n) is 7.44. The lowest BCUT2D eigenvalue weighted by Gasteiger charge is -2.22. The van der Waals surface area contributed by atoms with Crippen molar-refractivity contribution in [3.05, 3.63) is 0 Å². The molecule has 2 unspecified atom stereocenters. The quantitative estimate of drug-likeness (QED) is 0.658. The molecule has 0 bridgehead atoms. The minimum atomic E-state index is -2.94. The highest BCUT2D eigenvalue weighted by atomic mass is 31.1. The van der Waals surface area contributed by atoms with Gasteiger partial charge in [0.2, 0.25) is 0 Å². The molecule has 0 spiro atoms. The van der Waals surface area contributed by atoms with Crippen LogP contribution >= 0.6 is 16.5 Å². The lowest BCUT2D eigenvalue weighted by molar-refractivity contribution is 0.105. The largest absolute Gasteiger partial charge is 0.326 e. The van der Waals surface area contributed by atoms with E-state index in [1.807, 2.05) is 0 Å². The van der Waals surface area contributed by atoms with E-state index in [2.05, 4.69) is 9.05 Å². The zero-order chi connectivity index (χ0) is 10.5. The van der Waals surface area contributed by atoms with E-state index in [1.54, 1.807) is 13.8 Å². The summed E-state index contributed by atoms with van der Waals surface area (Å²) >= 11 is 0. The average molecular weight is 232 g/mol. The van der Waals surface area contributed by atoms with Crippen molar-refractivity contribution in [2.75, 3.05) is 13.2 Å². The SMILES string of the molecule is CC(C)(CO[PH](=O)O)CO[PH](=O)O. The molecule has 0 amide bonds. The van der Waals surface area contributed by atoms with Crippen molar-refractivity contribution in [2.24, 2.45) is 5.41 Å². The summed E-state index contributed by atoms with van der Waals surface area (Å²) in [6, 6.07) is 0. The van der Waals surface area contributed by atoms with Gasteiger partial charge < -0.3 is 18.8 Å². The van der Waals surface area contributed by atoms with Crippen LogP contribution in [0, 0.1) is 5.41 Å². The van der Waals surface area contributed by atoms with Crippen LogP contribution in [0.25, 0.3) is 0 Å². The molecule has 0 aromatic heterocycles. The van der Waals surface area contributed by atoms with E-state index >= 15 is 0 Å². The summed E-state index contributed by atoms with van der Waals surface area (Å²) in [5.41, 5.74) is -0.549. The van der Waals surface area contributed by atoms with E-state index in [1.165, 1.54) is 0 Å². The van der Waals surface area contributed by atoms with Gasteiger partial charge in [-0.15, -0.1) is 0 Å². The van der Waals surface area contributed by atoms with Crippen LogP contribution in [-0.2, 0) is 18.2 Å². The van der Waals surface area contributed by atoms with Crippen LogP contribution in [-0.4, -0.2) is 23.0 Å². The summed E-state index contributed by atoms with van der Waals surface area (Å²) in [5, 5.41) is 0. The first-order valence-electron chi connectivity index (χ1n) is 3.55. The minimum Gasteiger partial charge on any atom is -0.326 e. The van der Waals surface area contributed by atoms with Gasteiger partial charge in [-0.2, -0.15) is 0 Å². The molecule has 6 nitrogen and oxygen atoms in total. The van der Waals surface area contributed by atoms with Gasteiger partial charge in [0.25, 0.3) is 0 Å². The van der Waals surface area contributed by atoms with Gasteiger partial charge >= 0.3 is 16.5 Å². The molecule has 0 saturated heterocycles.